The topological polar surface area (TPSA) is 40.6 Å². The van der Waals surface area contributed by atoms with Crippen molar-refractivity contribution >= 4 is 17.5 Å². The van der Waals surface area contributed by atoms with Crippen LogP contribution in [0.2, 0.25) is 0 Å². The maximum absolute atomic E-state index is 12.0. The Morgan fingerprint density at radius 3 is 2.44 bits per heavy atom. The molecule has 0 saturated carbocycles. The predicted octanol–water partition coefficient (Wildman–Crippen LogP) is 1.37. The molecular weight excluding hydrogens is 204 g/mol. The zero-order valence-electron chi connectivity index (χ0n) is 9.65. The third-order valence-corrected chi connectivity index (χ3v) is 2.78. The summed E-state index contributed by atoms with van der Waals surface area (Å²) in [5.74, 6) is -0.377. The van der Waals surface area contributed by atoms with E-state index in [2.05, 4.69) is 0 Å². The molecule has 0 radical (unpaired) electrons. The molecule has 0 bridgehead atoms. The molecule has 1 aromatic rings. The van der Waals surface area contributed by atoms with E-state index < -0.39 is 0 Å². The van der Waals surface area contributed by atoms with E-state index in [1.807, 2.05) is 25.1 Å². The number of imide groups is 1. The maximum Gasteiger partial charge on any atom is 0.263 e. The molecule has 2 amide bonds. The molecule has 0 N–H and O–H groups in total. The van der Waals surface area contributed by atoms with Gasteiger partial charge in [-0.3, -0.25) is 14.5 Å². The highest BCUT2D eigenvalue weighted by Gasteiger charge is 2.36. The lowest BCUT2D eigenvalue weighted by molar-refractivity contribution is 0.0663. The molecule has 4 heteroatoms. The van der Waals surface area contributed by atoms with Crippen LogP contribution in [0.5, 0.6) is 0 Å². The van der Waals surface area contributed by atoms with Gasteiger partial charge in [0.05, 0.1) is 11.1 Å². The number of carbonyl (C=O) groups excluding carboxylic acids is 2. The van der Waals surface area contributed by atoms with Gasteiger partial charge < -0.3 is 4.90 Å². The minimum atomic E-state index is -0.189. The molecule has 0 aliphatic carbocycles. The molecule has 0 unspecified atom stereocenters. The van der Waals surface area contributed by atoms with Crippen molar-refractivity contribution in [2.45, 2.75) is 6.92 Å². The summed E-state index contributed by atoms with van der Waals surface area (Å²) in [6, 6.07) is 5.36. The number of anilines is 1. The van der Waals surface area contributed by atoms with Crippen molar-refractivity contribution in [2.75, 3.05) is 25.5 Å². The summed E-state index contributed by atoms with van der Waals surface area (Å²) in [7, 11) is 3.73. The van der Waals surface area contributed by atoms with Gasteiger partial charge in [-0.2, -0.15) is 0 Å². The lowest BCUT2D eigenvalue weighted by Gasteiger charge is -2.15. The number of rotatable bonds is 2. The van der Waals surface area contributed by atoms with E-state index in [1.165, 1.54) is 4.90 Å². The molecule has 0 atom stereocenters. The minimum absolute atomic E-state index is 0.188. The standard InChI is InChI=1S/C12H14N2O2/c1-4-14-11(15)8-6-5-7-9(13(2)3)10(8)12(14)16/h5-7H,4H2,1-3H3. The summed E-state index contributed by atoms with van der Waals surface area (Å²) < 4.78 is 0. The van der Waals surface area contributed by atoms with Crippen molar-refractivity contribution in [2.24, 2.45) is 0 Å². The first-order valence-corrected chi connectivity index (χ1v) is 5.24. The molecule has 1 aliphatic rings. The number of nitrogens with zero attached hydrogens (tertiary/aromatic N) is 2. The number of hydrogen-bond donors (Lipinski definition) is 0. The summed E-state index contributed by atoms with van der Waals surface area (Å²) in [6.45, 7) is 2.22. The summed E-state index contributed by atoms with van der Waals surface area (Å²) in [6.07, 6.45) is 0. The number of hydrogen-bond acceptors (Lipinski definition) is 3. The molecule has 0 spiro atoms. The van der Waals surface area contributed by atoms with Crippen LogP contribution in [0.25, 0.3) is 0 Å². The van der Waals surface area contributed by atoms with Gasteiger partial charge in [0.15, 0.2) is 0 Å². The molecule has 2 rings (SSSR count). The highest BCUT2D eigenvalue weighted by molar-refractivity contribution is 6.23. The Morgan fingerprint density at radius 1 is 1.19 bits per heavy atom. The van der Waals surface area contributed by atoms with Crippen LogP contribution in [0.4, 0.5) is 5.69 Å². The van der Waals surface area contributed by atoms with Crippen LogP contribution < -0.4 is 4.90 Å². The average Bonchev–Trinajstić information content (AvgIpc) is 2.51. The van der Waals surface area contributed by atoms with Crippen LogP contribution >= 0.6 is 0 Å². The van der Waals surface area contributed by atoms with Gasteiger partial charge in [0.2, 0.25) is 0 Å². The van der Waals surface area contributed by atoms with E-state index in [-0.39, 0.29) is 11.8 Å². The molecule has 1 aromatic carbocycles. The van der Waals surface area contributed by atoms with Crippen molar-refractivity contribution in [3.05, 3.63) is 29.3 Å². The van der Waals surface area contributed by atoms with Crippen LogP contribution in [-0.2, 0) is 0 Å². The Kier molecular flexibility index (Phi) is 2.42. The average molecular weight is 218 g/mol. The number of fused-ring (bicyclic) bond motifs is 1. The van der Waals surface area contributed by atoms with Crippen LogP contribution in [0, 0.1) is 0 Å². The van der Waals surface area contributed by atoms with Gasteiger partial charge >= 0.3 is 0 Å². The Labute approximate surface area is 94.5 Å². The largest absolute Gasteiger partial charge is 0.377 e. The van der Waals surface area contributed by atoms with Gasteiger partial charge in [-0.05, 0) is 19.1 Å². The van der Waals surface area contributed by atoms with Crippen LogP contribution in [-0.4, -0.2) is 37.4 Å². The maximum atomic E-state index is 12.0. The Morgan fingerprint density at radius 2 is 1.88 bits per heavy atom. The third-order valence-electron chi connectivity index (χ3n) is 2.78. The van der Waals surface area contributed by atoms with Gasteiger partial charge in [-0.25, -0.2) is 0 Å². The van der Waals surface area contributed by atoms with Gasteiger partial charge in [-0.1, -0.05) is 6.07 Å². The van der Waals surface area contributed by atoms with Crippen molar-refractivity contribution in [3.8, 4) is 0 Å². The zero-order chi connectivity index (χ0) is 11.9. The molecule has 1 heterocycles. The highest BCUT2D eigenvalue weighted by Crippen LogP contribution is 2.30. The molecule has 1 aliphatic heterocycles. The van der Waals surface area contributed by atoms with Crippen molar-refractivity contribution in [1.29, 1.82) is 0 Å². The quantitative estimate of drug-likeness (QED) is 0.704. The molecule has 84 valence electrons. The second kappa shape index (κ2) is 3.63. The molecule has 0 fully saturated rings. The minimum Gasteiger partial charge on any atom is -0.377 e. The summed E-state index contributed by atoms with van der Waals surface area (Å²) >= 11 is 0. The Hall–Kier alpha value is -1.84. The van der Waals surface area contributed by atoms with Gasteiger partial charge in [0, 0.05) is 26.3 Å². The van der Waals surface area contributed by atoms with E-state index >= 15 is 0 Å². The predicted molar refractivity (Wildman–Crippen MR) is 61.8 cm³/mol. The normalized spacial score (nSPS) is 14.3. The van der Waals surface area contributed by atoms with Crippen LogP contribution in [0.3, 0.4) is 0 Å². The molecule has 0 saturated heterocycles. The van der Waals surface area contributed by atoms with Gasteiger partial charge in [0.25, 0.3) is 11.8 Å². The van der Waals surface area contributed by atoms with E-state index in [1.54, 1.807) is 19.1 Å². The first kappa shape index (κ1) is 10.7. The number of carbonyl (C=O) groups is 2. The zero-order valence-corrected chi connectivity index (χ0v) is 9.65. The Balaban J connectivity index is 2.63. The number of benzene rings is 1. The fourth-order valence-corrected chi connectivity index (χ4v) is 1.98. The van der Waals surface area contributed by atoms with Crippen molar-refractivity contribution in [1.82, 2.24) is 4.90 Å². The van der Waals surface area contributed by atoms with Gasteiger partial charge in [0.1, 0.15) is 0 Å². The van der Waals surface area contributed by atoms with E-state index in [9.17, 15) is 9.59 Å². The van der Waals surface area contributed by atoms with Gasteiger partial charge in [-0.15, -0.1) is 0 Å². The summed E-state index contributed by atoms with van der Waals surface area (Å²) in [5, 5.41) is 0. The SMILES string of the molecule is CCN1C(=O)c2cccc(N(C)C)c2C1=O. The summed E-state index contributed by atoms with van der Waals surface area (Å²) in [5.41, 5.74) is 1.84. The van der Waals surface area contributed by atoms with Crippen molar-refractivity contribution < 1.29 is 9.59 Å². The smallest absolute Gasteiger partial charge is 0.263 e. The Bertz CT molecular complexity index is 466. The molecule has 4 nitrogen and oxygen atoms in total. The third kappa shape index (κ3) is 1.30. The second-order valence-electron chi connectivity index (χ2n) is 3.95. The first-order chi connectivity index (χ1) is 7.57. The van der Waals surface area contributed by atoms with E-state index in [4.69, 9.17) is 0 Å². The molecule has 16 heavy (non-hydrogen) atoms. The molecule has 0 aromatic heterocycles. The highest BCUT2D eigenvalue weighted by atomic mass is 16.2. The fourth-order valence-electron chi connectivity index (χ4n) is 1.98. The fraction of sp³-hybridized carbons (Fsp3) is 0.333. The number of amides is 2. The van der Waals surface area contributed by atoms with Crippen LogP contribution in [0.15, 0.2) is 18.2 Å². The van der Waals surface area contributed by atoms with E-state index in [0.29, 0.717) is 17.7 Å². The lowest BCUT2D eigenvalue weighted by Crippen LogP contribution is -2.29. The summed E-state index contributed by atoms with van der Waals surface area (Å²) in [4.78, 5) is 27.1. The molecular formula is C12H14N2O2. The lowest BCUT2D eigenvalue weighted by atomic mass is 10.1. The van der Waals surface area contributed by atoms with E-state index in [0.717, 1.165) is 5.69 Å². The first-order valence-electron chi connectivity index (χ1n) is 5.24. The van der Waals surface area contributed by atoms with Crippen LogP contribution in [0.1, 0.15) is 27.6 Å². The second-order valence-corrected chi connectivity index (χ2v) is 3.95. The van der Waals surface area contributed by atoms with Crippen molar-refractivity contribution in [3.63, 3.8) is 0 Å². The monoisotopic (exact) mass is 218 g/mol.